The van der Waals surface area contributed by atoms with E-state index in [1.165, 1.54) is 7.11 Å². The lowest BCUT2D eigenvalue weighted by molar-refractivity contribution is -0.139. The fourth-order valence-corrected chi connectivity index (χ4v) is 3.61. The summed E-state index contributed by atoms with van der Waals surface area (Å²) in [6.07, 6.45) is 0.752. The van der Waals surface area contributed by atoms with Crippen LogP contribution >= 0.6 is 0 Å². The minimum absolute atomic E-state index is 0.255. The molecule has 124 valence electrons. The zero-order chi connectivity index (χ0) is 16.6. The number of benzene rings is 1. The molecule has 2 atom stereocenters. The summed E-state index contributed by atoms with van der Waals surface area (Å²) in [7, 11) is -2.29. The van der Waals surface area contributed by atoms with Gasteiger partial charge < -0.3 is 9.84 Å². The molecule has 2 unspecified atom stereocenters. The molecule has 0 spiro atoms. The molecule has 0 aliphatic heterocycles. The number of aliphatic carboxylic acids is 1. The van der Waals surface area contributed by atoms with Crippen molar-refractivity contribution in [3.05, 3.63) is 35.9 Å². The summed E-state index contributed by atoms with van der Waals surface area (Å²) in [6, 6.07) is 8.31. The van der Waals surface area contributed by atoms with Crippen LogP contribution in [-0.4, -0.2) is 44.5 Å². The molecule has 2 N–H and O–H groups in total. The van der Waals surface area contributed by atoms with E-state index < -0.39 is 28.1 Å². The number of sulfonamides is 1. The second-order valence-corrected chi connectivity index (χ2v) is 6.92. The lowest BCUT2D eigenvalue weighted by Crippen LogP contribution is -2.44. The summed E-state index contributed by atoms with van der Waals surface area (Å²) in [5.74, 6) is -1.44. The van der Waals surface area contributed by atoms with Crippen LogP contribution in [0.15, 0.2) is 30.3 Å². The Hall–Kier alpha value is -1.44. The first-order valence-electron chi connectivity index (χ1n) is 7.17. The quantitative estimate of drug-likeness (QED) is 0.677. The Morgan fingerprint density at radius 1 is 1.32 bits per heavy atom. The molecular formula is C15H23NO5S. The highest BCUT2D eigenvalue weighted by molar-refractivity contribution is 7.89. The first-order chi connectivity index (χ1) is 10.4. The Kier molecular flexibility index (Phi) is 7.50. The van der Waals surface area contributed by atoms with Gasteiger partial charge in [0.05, 0.1) is 11.9 Å². The van der Waals surface area contributed by atoms with E-state index in [1.54, 1.807) is 6.92 Å². The van der Waals surface area contributed by atoms with Gasteiger partial charge in [-0.2, -0.15) is 0 Å². The van der Waals surface area contributed by atoms with Gasteiger partial charge in [-0.15, -0.1) is 0 Å². The molecule has 0 amide bonds. The van der Waals surface area contributed by atoms with Crippen LogP contribution in [0.2, 0.25) is 0 Å². The average molecular weight is 329 g/mol. The second kappa shape index (κ2) is 8.87. The van der Waals surface area contributed by atoms with Crippen molar-refractivity contribution >= 4 is 16.0 Å². The van der Waals surface area contributed by atoms with Gasteiger partial charge in [-0.1, -0.05) is 43.7 Å². The maximum absolute atomic E-state index is 12.1. The Labute approximate surface area is 131 Å². The third kappa shape index (κ3) is 6.55. The lowest BCUT2D eigenvalue weighted by atomic mass is 10.1. The van der Waals surface area contributed by atoms with E-state index in [0.29, 0.717) is 12.8 Å². The van der Waals surface area contributed by atoms with Crippen molar-refractivity contribution in [3.63, 3.8) is 0 Å². The standard InChI is InChI=1S/C15H23NO5S/c1-3-7-14(15(17)18)16-22(19,20)11-13(21-2)10-12-8-5-4-6-9-12/h4-6,8-9,13-14,16H,3,7,10-11H2,1-2H3,(H,17,18). The number of ether oxygens (including phenoxy) is 1. The third-order valence-electron chi connectivity index (χ3n) is 3.24. The van der Waals surface area contributed by atoms with Crippen LogP contribution in [0.3, 0.4) is 0 Å². The van der Waals surface area contributed by atoms with Gasteiger partial charge in [0.15, 0.2) is 0 Å². The molecule has 1 rings (SSSR count). The average Bonchev–Trinajstić information content (AvgIpc) is 2.46. The highest BCUT2D eigenvalue weighted by atomic mass is 32.2. The minimum Gasteiger partial charge on any atom is -0.480 e. The number of carbonyl (C=O) groups is 1. The van der Waals surface area contributed by atoms with Gasteiger partial charge in [-0.05, 0) is 18.4 Å². The molecule has 0 saturated heterocycles. The van der Waals surface area contributed by atoms with Gasteiger partial charge >= 0.3 is 5.97 Å². The fraction of sp³-hybridized carbons (Fsp3) is 0.533. The molecule has 0 aliphatic rings. The summed E-state index contributed by atoms with van der Waals surface area (Å²) in [5.41, 5.74) is 0.966. The first-order valence-corrected chi connectivity index (χ1v) is 8.82. The number of methoxy groups -OCH3 is 1. The molecule has 0 heterocycles. The van der Waals surface area contributed by atoms with Gasteiger partial charge in [0, 0.05) is 7.11 Å². The Bertz CT molecular complexity index is 559. The zero-order valence-corrected chi connectivity index (χ0v) is 13.7. The van der Waals surface area contributed by atoms with E-state index in [4.69, 9.17) is 9.84 Å². The van der Waals surface area contributed by atoms with E-state index in [-0.39, 0.29) is 12.2 Å². The van der Waals surface area contributed by atoms with Gasteiger partial charge in [0.25, 0.3) is 0 Å². The SMILES string of the molecule is CCCC(NS(=O)(=O)CC(Cc1ccccc1)OC)C(=O)O. The van der Waals surface area contributed by atoms with Crippen molar-refractivity contribution in [3.8, 4) is 0 Å². The number of hydrogen-bond donors (Lipinski definition) is 2. The van der Waals surface area contributed by atoms with Gasteiger partial charge in [0.1, 0.15) is 6.04 Å². The van der Waals surface area contributed by atoms with E-state index in [1.807, 2.05) is 30.3 Å². The normalized spacial score (nSPS) is 14.5. The zero-order valence-electron chi connectivity index (χ0n) is 12.9. The van der Waals surface area contributed by atoms with Crippen molar-refractivity contribution in [1.82, 2.24) is 4.72 Å². The molecule has 7 heteroatoms. The first kappa shape index (κ1) is 18.6. The maximum atomic E-state index is 12.1. The van der Waals surface area contributed by atoms with Crippen LogP contribution in [0.25, 0.3) is 0 Å². The fourth-order valence-electron chi connectivity index (χ4n) is 2.12. The molecule has 0 fully saturated rings. The number of carboxylic acid groups (broad SMARTS) is 1. The number of hydrogen-bond acceptors (Lipinski definition) is 4. The van der Waals surface area contributed by atoms with Gasteiger partial charge in [-0.3, -0.25) is 4.79 Å². The Morgan fingerprint density at radius 2 is 1.95 bits per heavy atom. The van der Waals surface area contributed by atoms with E-state index in [0.717, 1.165) is 5.56 Å². The van der Waals surface area contributed by atoms with Crippen molar-refractivity contribution in [1.29, 1.82) is 0 Å². The van der Waals surface area contributed by atoms with Crippen LogP contribution in [0.4, 0.5) is 0 Å². The number of nitrogens with one attached hydrogen (secondary N) is 1. The summed E-state index contributed by atoms with van der Waals surface area (Å²) in [4.78, 5) is 11.1. The molecule has 0 saturated carbocycles. The largest absolute Gasteiger partial charge is 0.480 e. The van der Waals surface area contributed by atoms with Crippen LogP contribution in [0.1, 0.15) is 25.3 Å². The van der Waals surface area contributed by atoms with E-state index in [2.05, 4.69) is 4.72 Å². The van der Waals surface area contributed by atoms with Crippen LogP contribution in [0.5, 0.6) is 0 Å². The number of carboxylic acids is 1. The summed E-state index contributed by atoms with van der Waals surface area (Å²) >= 11 is 0. The molecule has 6 nitrogen and oxygen atoms in total. The highest BCUT2D eigenvalue weighted by Gasteiger charge is 2.26. The van der Waals surface area contributed by atoms with Crippen LogP contribution < -0.4 is 4.72 Å². The third-order valence-corrected chi connectivity index (χ3v) is 4.70. The number of rotatable bonds is 10. The summed E-state index contributed by atoms with van der Waals surface area (Å²) < 4.78 is 31.7. The second-order valence-electron chi connectivity index (χ2n) is 5.13. The molecule has 0 radical (unpaired) electrons. The van der Waals surface area contributed by atoms with Crippen molar-refractivity contribution in [2.24, 2.45) is 0 Å². The van der Waals surface area contributed by atoms with E-state index >= 15 is 0 Å². The van der Waals surface area contributed by atoms with Crippen LogP contribution in [0, 0.1) is 0 Å². The molecule has 22 heavy (non-hydrogen) atoms. The smallest absolute Gasteiger partial charge is 0.321 e. The Morgan fingerprint density at radius 3 is 2.45 bits per heavy atom. The molecule has 0 bridgehead atoms. The van der Waals surface area contributed by atoms with Gasteiger partial charge in [-0.25, -0.2) is 13.1 Å². The topological polar surface area (TPSA) is 92.7 Å². The lowest BCUT2D eigenvalue weighted by Gasteiger charge is -2.18. The van der Waals surface area contributed by atoms with Crippen molar-refractivity contribution in [2.45, 2.75) is 38.3 Å². The predicted molar refractivity (Wildman–Crippen MR) is 84.2 cm³/mol. The predicted octanol–water partition coefficient (Wildman–Crippen LogP) is 1.42. The molecule has 1 aromatic carbocycles. The maximum Gasteiger partial charge on any atom is 0.321 e. The summed E-state index contributed by atoms with van der Waals surface area (Å²) in [6.45, 7) is 1.80. The highest BCUT2D eigenvalue weighted by Crippen LogP contribution is 2.08. The molecule has 0 aromatic heterocycles. The van der Waals surface area contributed by atoms with Crippen molar-refractivity contribution < 1.29 is 23.1 Å². The molecular weight excluding hydrogens is 306 g/mol. The minimum atomic E-state index is -3.74. The van der Waals surface area contributed by atoms with E-state index in [9.17, 15) is 13.2 Å². The molecule has 0 aliphatic carbocycles. The monoisotopic (exact) mass is 329 g/mol. The Balaban J connectivity index is 2.69. The van der Waals surface area contributed by atoms with Gasteiger partial charge in [0.2, 0.25) is 10.0 Å². The van der Waals surface area contributed by atoms with Crippen LogP contribution in [-0.2, 0) is 26.0 Å². The van der Waals surface area contributed by atoms with Crippen molar-refractivity contribution in [2.75, 3.05) is 12.9 Å². The summed E-state index contributed by atoms with van der Waals surface area (Å²) in [5, 5.41) is 9.04. The molecule has 1 aromatic rings.